The number of ketones is 1. The summed E-state index contributed by atoms with van der Waals surface area (Å²) in [5, 5.41) is 0. The van der Waals surface area contributed by atoms with Gasteiger partial charge in [-0.2, -0.15) is 0 Å². The maximum atomic E-state index is 11.8. The van der Waals surface area contributed by atoms with Crippen LogP contribution in [0.1, 0.15) is 73.1 Å². The Kier molecular flexibility index (Phi) is 4.42. The molecule has 5 atom stereocenters. The maximum absolute atomic E-state index is 11.8. The average molecular weight is 332 g/mol. The quantitative estimate of drug-likeness (QED) is 0.689. The lowest BCUT2D eigenvalue weighted by Crippen LogP contribution is -2.55. The zero-order valence-electron chi connectivity index (χ0n) is 15.9. The molecule has 0 saturated heterocycles. The van der Waals surface area contributed by atoms with E-state index in [2.05, 4.69) is 27.7 Å². The van der Waals surface area contributed by atoms with Gasteiger partial charge in [-0.25, -0.2) is 0 Å². The highest BCUT2D eigenvalue weighted by Gasteiger charge is 2.55. The van der Waals surface area contributed by atoms with Gasteiger partial charge in [0.1, 0.15) is 5.60 Å². The molecular formula is C21H32O3. The van der Waals surface area contributed by atoms with E-state index in [4.69, 9.17) is 4.74 Å². The van der Waals surface area contributed by atoms with Gasteiger partial charge in [0.15, 0.2) is 5.78 Å². The van der Waals surface area contributed by atoms with Crippen LogP contribution >= 0.6 is 0 Å². The third kappa shape index (κ3) is 2.74. The number of carbonyl (C=O) groups excluding carboxylic acids is 2. The van der Waals surface area contributed by atoms with Crippen molar-refractivity contribution in [3.05, 3.63) is 11.6 Å². The lowest BCUT2D eigenvalue weighted by Gasteiger charge is -2.58. The molecule has 2 fully saturated rings. The number of carbonyl (C=O) groups is 2. The Labute approximate surface area is 146 Å². The molecule has 0 bridgehead atoms. The summed E-state index contributed by atoms with van der Waals surface area (Å²) in [4.78, 5) is 23.3. The number of fused-ring (bicyclic) bond motifs is 3. The van der Waals surface area contributed by atoms with Crippen LogP contribution in [0.3, 0.4) is 0 Å². The fourth-order valence-corrected chi connectivity index (χ4v) is 5.99. The van der Waals surface area contributed by atoms with Crippen molar-refractivity contribution in [2.24, 2.45) is 29.1 Å². The number of allylic oxidation sites excluding steroid dienone is 2. The number of rotatable bonds is 2. The molecule has 3 aliphatic rings. The van der Waals surface area contributed by atoms with Gasteiger partial charge in [-0.1, -0.05) is 19.4 Å². The van der Waals surface area contributed by atoms with Crippen LogP contribution in [0.25, 0.3) is 0 Å². The van der Waals surface area contributed by atoms with Crippen molar-refractivity contribution in [3.8, 4) is 0 Å². The molecule has 0 aromatic rings. The highest BCUT2D eigenvalue weighted by atomic mass is 16.6. The first-order chi connectivity index (χ1) is 11.2. The van der Waals surface area contributed by atoms with E-state index in [1.807, 2.05) is 6.08 Å². The van der Waals surface area contributed by atoms with Gasteiger partial charge < -0.3 is 4.74 Å². The first-order valence-corrected chi connectivity index (χ1v) is 9.58. The van der Waals surface area contributed by atoms with Crippen molar-refractivity contribution in [2.75, 3.05) is 0 Å². The van der Waals surface area contributed by atoms with Crippen LogP contribution in [0.2, 0.25) is 0 Å². The lowest BCUT2D eigenvalue weighted by molar-refractivity contribution is -0.184. The van der Waals surface area contributed by atoms with Crippen molar-refractivity contribution in [3.63, 3.8) is 0 Å². The Bertz CT molecular complexity index is 574. The van der Waals surface area contributed by atoms with Gasteiger partial charge in [0.25, 0.3) is 0 Å². The molecule has 24 heavy (non-hydrogen) atoms. The summed E-state index contributed by atoms with van der Waals surface area (Å²) in [5.74, 6) is 2.65. The molecule has 2 saturated carbocycles. The zero-order valence-corrected chi connectivity index (χ0v) is 15.9. The standard InChI is InChI=1S/C21H32O3/c1-13-17-8-6-15-12-16(23)7-9-18(15)19(17)10-11-21(13,5)20(3,4)24-14(2)22/h12-13,17-19H,6-11H2,1-5H3/t13-,17-,18-,19-,21-/m0/s1. The van der Waals surface area contributed by atoms with Gasteiger partial charge in [-0.05, 0) is 75.7 Å². The lowest BCUT2D eigenvalue weighted by atomic mass is 9.49. The molecule has 3 aliphatic carbocycles. The highest BCUT2D eigenvalue weighted by molar-refractivity contribution is 5.91. The summed E-state index contributed by atoms with van der Waals surface area (Å²) in [5.41, 5.74) is 0.982. The van der Waals surface area contributed by atoms with Crippen molar-refractivity contribution in [1.29, 1.82) is 0 Å². The van der Waals surface area contributed by atoms with Gasteiger partial charge in [0, 0.05) is 18.8 Å². The molecule has 0 radical (unpaired) electrons. The van der Waals surface area contributed by atoms with Crippen LogP contribution in [-0.4, -0.2) is 17.4 Å². The van der Waals surface area contributed by atoms with E-state index in [-0.39, 0.29) is 11.4 Å². The van der Waals surface area contributed by atoms with Crippen LogP contribution in [0.4, 0.5) is 0 Å². The van der Waals surface area contributed by atoms with E-state index < -0.39 is 5.60 Å². The molecular weight excluding hydrogens is 300 g/mol. The minimum absolute atomic E-state index is 0.00550. The first kappa shape index (κ1) is 17.7. The molecule has 0 aliphatic heterocycles. The summed E-state index contributed by atoms with van der Waals surface area (Å²) in [6.07, 6.45) is 8.25. The summed E-state index contributed by atoms with van der Waals surface area (Å²) in [6.45, 7) is 10.4. The predicted molar refractivity (Wildman–Crippen MR) is 94.4 cm³/mol. The fraction of sp³-hybridized carbons (Fsp3) is 0.810. The minimum Gasteiger partial charge on any atom is -0.459 e. The molecule has 0 heterocycles. The van der Waals surface area contributed by atoms with E-state index in [0.717, 1.165) is 25.7 Å². The largest absolute Gasteiger partial charge is 0.459 e. The van der Waals surface area contributed by atoms with E-state index >= 15 is 0 Å². The molecule has 0 amide bonds. The first-order valence-electron chi connectivity index (χ1n) is 9.58. The third-order valence-electron chi connectivity index (χ3n) is 7.78. The molecule has 134 valence electrons. The Morgan fingerprint density at radius 1 is 1.21 bits per heavy atom. The minimum atomic E-state index is -0.443. The molecule has 3 nitrogen and oxygen atoms in total. The maximum Gasteiger partial charge on any atom is 0.303 e. The summed E-state index contributed by atoms with van der Waals surface area (Å²) in [6, 6.07) is 0. The van der Waals surface area contributed by atoms with Crippen LogP contribution < -0.4 is 0 Å². The van der Waals surface area contributed by atoms with Gasteiger partial charge in [-0.3, -0.25) is 9.59 Å². The normalized spacial score (nSPS) is 39.5. The zero-order chi connectivity index (χ0) is 17.7. The van der Waals surface area contributed by atoms with Gasteiger partial charge in [0.05, 0.1) is 0 Å². The van der Waals surface area contributed by atoms with Crippen molar-refractivity contribution in [2.45, 2.75) is 78.7 Å². The molecule has 0 aromatic heterocycles. The second-order valence-electron chi connectivity index (χ2n) is 9.05. The van der Waals surface area contributed by atoms with E-state index in [1.165, 1.54) is 25.3 Å². The number of esters is 1. The Balaban J connectivity index is 1.84. The van der Waals surface area contributed by atoms with Gasteiger partial charge in [0.2, 0.25) is 0 Å². The van der Waals surface area contributed by atoms with Crippen molar-refractivity contribution >= 4 is 11.8 Å². The van der Waals surface area contributed by atoms with E-state index in [1.54, 1.807) is 0 Å². The Morgan fingerprint density at radius 3 is 2.58 bits per heavy atom. The number of hydrogen-bond acceptors (Lipinski definition) is 3. The fourth-order valence-electron chi connectivity index (χ4n) is 5.99. The van der Waals surface area contributed by atoms with E-state index in [0.29, 0.717) is 29.5 Å². The van der Waals surface area contributed by atoms with Crippen molar-refractivity contribution in [1.82, 2.24) is 0 Å². The molecule has 0 N–H and O–H groups in total. The summed E-state index contributed by atoms with van der Waals surface area (Å²) >= 11 is 0. The molecule has 3 heteroatoms. The monoisotopic (exact) mass is 332 g/mol. The molecule has 3 rings (SSSR count). The Morgan fingerprint density at radius 2 is 1.92 bits per heavy atom. The number of ether oxygens (including phenoxy) is 1. The van der Waals surface area contributed by atoms with E-state index in [9.17, 15) is 9.59 Å². The summed E-state index contributed by atoms with van der Waals surface area (Å²) in [7, 11) is 0. The second-order valence-corrected chi connectivity index (χ2v) is 9.05. The van der Waals surface area contributed by atoms with Crippen molar-refractivity contribution < 1.29 is 14.3 Å². The van der Waals surface area contributed by atoms with Crippen LogP contribution in [-0.2, 0) is 14.3 Å². The highest BCUT2D eigenvalue weighted by Crippen LogP contribution is 2.59. The molecule has 0 aromatic carbocycles. The summed E-state index contributed by atoms with van der Waals surface area (Å²) < 4.78 is 5.76. The predicted octanol–water partition coefficient (Wildman–Crippen LogP) is 4.70. The molecule has 0 unspecified atom stereocenters. The topological polar surface area (TPSA) is 43.4 Å². The van der Waals surface area contributed by atoms with Crippen LogP contribution in [0, 0.1) is 29.1 Å². The third-order valence-corrected chi connectivity index (χ3v) is 7.78. The van der Waals surface area contributed by atoms with Crippen LogP contribution in [0.5, 0.6) is 0 Å². The SMILES string of the molecule is CC(=O)OC(C)(C)[C@@]1(C)CC[C@H]2[C@@H](CCC3=CC(=O)CC[C@@H]32)[C@@H]1C. The average Bonchev–Trinajstić information content (AvgIpc) is 2.48. The Hall–Kier alpha value is -1.12. The number of hydrogen-bond donors (Lipinski definition) is 0. The second kappa shape index (κ2) is 6.00. The van der Waals surface area contributed by atoms with Gasteiger partial charge in [-0.15, -0.1) is 0 Å². The molecule has 0 spiro atoms. The van der Waals surface area contributed by atoms with Gasteiger partial charge >= 0.3 is 5.97 Å². The van der Waals surface area contributed by atoms with Crippen LogP contribution in [0.15, 0.2) is 11.6 Å². The smallest absolute Gasteiger partial charge is 0.303 e.